The Morgan fingerprint density at radius 2 is 2.23 bits per heavy atom. The van der Waals surface area contributed by atoms with Crippen molar-refractivity contribution in [2.24, 2.45) is 0 Å². The Labute approximate surface area is 87.2 Å². The van der Waals surface area contributed by atoms with Crippen LogP contribution in [0.1, 0.15) is 25.7 Å². The maximum atomic E-state index is 10.1. The van der Waals surface area contributed by atoms with E-state index in [2.05, 4.69) is 17.5 Å². The lowest BCUT2D eigenvalue weighted by atomic mass is 10.1. The van der Waals surface area contributed by atoms with Gasteiger partial charge >= 0.3 is 0 Å². The summed E-state index contributed by atoms with van der Waals surface area (Å²) in [7, 11) is 0. The van der Waals surface area contributed by atoms with E-state index >= 15 is 0 Å². The van der Waals surface area contributed by atoms with Crippen LogP contribution in [0, 0.1) is 0 Å². The average Bonchev–Trinajstić information content (AvgIpc) is 2.72. The third-order valence-electron chi connectivity index (χ3n) is 2.51. The summed E-state index contributed by atoms with van der Waals surface area (Å²) in [4.78, 5) is 0. The molecule has 0 saturated heterocycles. The molecule has 1 aliphatic carbocycles. The van der Waals surface area contributed by atoms with Crippen molar-refractivity contribution in [1.82, 2.24) is 0 Å². The lowest BCUT2D eigenvalue weighted by Gasteiger charge is -2.20. The molecule has 0 atom stereocenters. The highest BCUT2D eigenvalue weighted by molar-refractivity contribution is 8.01. The SMILES string of the molecule is OC1(CSc2cccs2)CCCC1. The van der Waals surface area contributed by atoms with E-state index in [0.717, 1.165) is 18.6 Å². The summed E-state index contributed by atoms with van der Waals surface area (Å²) in [5, 5.41) is 12.2. The highest BCUT2D eigenvalue weighted by Gasteiger charge is 2.30. The fourth-order valence-electron chi connectivity index (χ4n) is 1.73. The van der Waals surface area contributed by atoms with E-state index in [-0.39, 0.29) is 5.60 Å². The number of thioether (sulfide) groups is 1. The van der Waals surface area contributed by atoms with Gasteiger partial charge in [0.05, 0.1) is 9.81 Å². The molecule has 1 N–H and O–H groups in total. The number of thiophene rings is 1. The van der Waals surface area contributed by atoms with Crippen LogP contribution in [0.2, 0.25) is 0 Å². The van der Waals surface area contributed by atoms with Gasteiger partial charge in [-0.1, -0.05) is 18.9 Å². The molecule has 13 heavy (non-hydrogen) atoms. The van der Waals surface area contributed by atoms with Crippen LogP contribution >= 0.6 is 23.1 Å². The molecule has 0 amide bonds. The maximum absolute atomic E-state index is 10.1. The summed E-state index contributed by atoms with van der Waals surface area (Å²) in [5.74, 6) is 0.869. The zero-order chi connectivity index (χ0) is 9.15. The molecule has 0 aliphatic heterocycles. The average molecular weight is 214 g/mol. The van der Waals surface area contributed by atoms with Crippen LogP contribution in [-0.4, -0.2) is 16.5 Å². The molecule has 72 valence electrons. The van der Waals surface area contributed by atoms with Crippen molar-refractivity contribution in [1.29, 1.82) is 0 Å². The molecule has 2 rings (SSSR count). The van der Waals surface area contributed by atoms with E-state index in [4.69, 9.17) is 0 Å². The lowest BCUT2D eigenvalue weighted by molar-refractivity contribution is 0.0733. The molecule has 1 heterocycles. The van der Waals surface area contributed by atoms with Crippen molar-refractivity contribution in [3.05, 3.63) is 17.5 Å². The largest absolute Gasteiger partial charge is 0.389 e. The molecule has 1 aromatic rings. The van der Waals surface area contributed by atoms with Crippen molar-refractivity contribution in [3.63, 3.8) is 0 Å². The van der Waals surface area contributed by atoms with Crippen LogP contribution < -0.4 is 0 Å². The van der Waals surface area contributed by atoms with Gasteiger partial charge in [-0.25, -0.2) is 0 Å². The molecule has 0 radical (unpaired) electrons. The van der Waals surface area contributed by atoms with Gasteiger partial charge in [-0.15, -0.1) is 23.1 Å². The summed E-state index contributed by atoms with van der Waals surface area (Å²) >= 11 is 3.55. The molecule has 0 spiro atoms. The van der Waals surface area contributed by atoms with Gasteiger partial charge in [0, 0.05) is 5.75 Å². The van der Waals surface area contributed by atoms with Gasteiger partial charge < -0.3 is 5.11 Å². The Hall–Kier alpha value is 0.01000. The van der Waals surface area contributed by atoms with Gasteiger partial charge in [0.2, 0.25) is 0 Å². The van der Waals surface area contributed by atoms with E-state index in [1.165, 1.54) is 17.1 Å². The molecule has 0 bridgehead atoms. The van der Waals surface area contributed by atoms with E-state index in [0.29, 0.717) is 0 Å². The molecule has 3 heteroatoms. The number of rotatable bonds is 3. The fourth-order valence-corrected chi connectivity index (χ4v) is 3.67. The zero-order valence-electron chi connectivity index (χ0n) is 7.53. The van der Waals surface area contributed by atoms with Crippen molar-refractivity contribution in [2.45, 2.75) is 35.5 Å². The van der Waals surface area contributed by atoms with E-state index < -0.39 is 0 Å². The van der Waals surface area contributed by atoms with Gasteiger partial charge in [-0.2, -0.15) is 0 Å². The lowest BCUT2D eigenvalue weighted by Crippen LogP contribution is -2.26. The molecule has 1 aliphatic rings. The number of hydrogen-bond acceptors (Lipinski definition) is 3. The molecule has 1 nitrogen and oxygen atoms in total. The first-order valence-corrected chi connectivity index (χ1v) is 6.54. The second kappa shape index (κ2) is 4.03. The van der Waals surface area contributed by atoms with Crippen LogP contribution in [0.3, 0.4) is 0 Å². The van der Waals surface area contributed by atoms with Gasteiger partial charge in [-0.05, 0) is 24.3 Å². The Balaban J connectivity index is 1.85. The molecular formula is C10H14OS2. The summed E-state index contributed by atoms with van der Waals surface area (Å²) in [6, 6.07) is 4.18. The van der Waals surface area contributed by atoms with Gasteiger partial charge in [0.25, 0.3) is 0 Å². The number of aliphatic hydroxyl groups is 1. The minimum Gasteiger partial charge on any atom is -0.389 e. The molecule has 1 saturated carbocycles. The third kappa shape index (κ3) is 2.48. The predicted octanol–water partition coefficient (Wildman–Crippen LogP) is 3.15. The van der Waals surface area contributed by atoms with Crippen molar-refractivity contribution in [2.75, 3.05) is 5.75 Å². The van der Waals surface area contributed by atoms with E-state index in [1.807, 2.05) is 0 Å². The Kier molecular flexibility index (Phi) is 2.96. The monoisotopic (exact) mass is 214 g/mol. The van der Waals surface area contributed by atoms with Crippen molar-refractivity contribution < 1.29 is 5.11 Å². The normalized spacial score (nSPS) is 20.7. The first-order valence-electron chi connectivity index (χ1n) is 4.67. The first kappa shape index (κ1) is 9.56. The molecule has 0 aromatic carbocycles. The minimum atomic E-state index is -0.366. The van der Waals surface area contributed by atoms with Crippen LogP contribution in [-0.2, 0) is 0 Å². The van der Waals surface area contributed by atoms with Gasteiger partial charge in [-0.3, -0.25) is 0 Å². The highest BCUT2D eigenvalue weighted by Crippen LogP contribution is 2.35. The number of hydrogen-bond donors (Lipinski definition) is 1. The topological polar surface area (TPSA) is 20.2 Å². The maximum Gasteiger partial charge on any atom is 0.0741 e. The zero-order valence-corrected chi connectivity index (χ0v) is 9.16. The smallest absolute Gasteiger partial charge is 0.0741 e. The quantitative estimate of drug-likeness (QED) is 0.780. The summed E-state index contributed by atoms with van der Waals surface area (Å²) in [5.41, 5.74) is -0.366. The molecule has 1 aromatic heterocycles. The third-order valence-corrected chi connectivity index (χ3v) is 4.92. The van der Waals surface area contributed by atoms with Gasteiger partial charge in [0.1, 0.15) is 0 Å². The second-order valence-corrected chi connectivity index (χ2v) is 5.88. The van der Waals surface area contributed by atoms with Crippen LogP contribution in [0.4, 0.5) is 0 Å². The summed E-state index contributed by atoms with van der Waals surface area (Å²) in [6.07, 6.45) is 4.37. The van der Waals surface area contributed by atoms with Crippen LogP contribution in [0.25, 0.3) is 0 Å². The second-order valence-electron chi connectivity index (χ2n) is 3.65. The van der Waals surface area contributed by atoms with Crippen molar-refractivity contribution >= 4 is 23.1 Å². The Morgan fingerprint density at radius 3 is 2.85 bits per heavy atom. The molecular weight excluding hydrogens is 200 g/mol. The van der Waals surface area contributed by atoms with Crippen molar-refractivity contribution in [3.8, 4) is 0 Å². The Morgan fingerprint density at radius 1 is 1.46 bits per heavy atom. The standard InChI is InChI=1S/C10H14OS2/c11-10(5-1-2-6-10)8-13-9-4-3-7-12-9/h3-4,7,11H,1-2,5-6,8H2. The highest BCUT2D eigenvalue weighted by atomic mass is 32.2. The van der Waals surface area contributed by atoms with E-state index in [1.54, 1.807) is 23.1 Å². The predicted molar refractivity (Wildman–Crippen MR) is 58.5 cm³/mol. The minimum absolute atomic E-state index is 0.366. The van der Waals surface area contributed by atoms with Gasteiger partial charge in [0.15, 0.2) is 0 Å². The fraction of sp³-hybridized carbons (Fsp3) is 0.600. The van der Waals surface area contributed by atoms with Crippen LogP contribution in [0.15, 0.2) is 21.7 Å². The summed E-state index contributed by atoms with van der Waals surface area (Å²) in [6.45, 7) is 0. The first-order chi connectivity index (χ1) is 6.29. The summed E-state index contributed by atoms with van der Waals surface area (Å²) < 4.78 is 1.32. The van der Waals surface area contributed by atoms with E-state index in [9.17, 15) is 5.11 Å². The Bertz CT molecular complexity index is 250. The molecule has 0 unspecified atom stereocenters. The van der Waals surface area contributed by atoms with Crippen LogP contribution in [0.5, 0.6) is 0 Å². The molecule has 1 fully saturated rings.